The van der Waals surface area contributed by atoms with Crippen LogP contribution in [0.4, 0.5) is 0 Å². The zero-order chi connectivity index (χ0) is 17.1. The number of carbonyl (C=O) groups excluding carboxylic acids is 1. The lowest BCUT2D eigenvalue weighted by molar-refractivity contribution is -0.00432. The lowest BCUT2D eigenvalue weighted by Gasteiger charge is -2.35. The fourth-order valence-electron chi connectivity index (χ4n) is 2.92. The van der Waals surface area contributed by atoms with E-state index in [2.05, 4.69) is 0 Å². The number of hydrogen-bond acceptors (Lipinski definition) is 4. The van der Waals surface area contributed by atoms with Crippen molar-refractivity contribution in [3.63, 3.8) is 0 Å². The highest BCUT2D eigenvalue weighted by Crippen LogP contribution is 2.27. The Hall–Kier alpha value is -2.60. The van der Waals surface area contributed by atoms with Gasteiger partial charge >= 0.3 is 5.97 Å². The van der Waals surface area contributed by atoms with Crippen molar-refractivity contribution in [1.29, 1.82) is 0 Å². The quantitative estimate of drug-likeness (QED) is 0.933. The smallest absolute Gasteiger partial charge is 0.339 e. The lowest BCUT2D eigenvalue weighted by Crippen LogP contribution is -2.43. The number of aryl methyl sites for hydroxylation is 1. The molecule has 2 heterocycles. The Morgan fingerprint density at radius 1 is 1.29 bits per heavy atom. The van der Waals surface area contributed by atoms with Gasteiger partial charge in [0.25, 0.3) is 5.91 Å². The molecule has 1 aromatic heterocycles. The topological polar surface area (TPSA) is 80.0 Å². The molecule has 1 aliphatic heterocycles. The van der Waals surface area contributed by atoms with E-state index in [1.807, 2.05) is 30.3 Å². The van der Waals surface area contributed by atoms with Gasteiger partial charge in [0.2, 0.25) is 0 Å². The van der Waals surface area contributed by atoms with E-state index < -0.39 is 5.97 Å². The van der Waals surface area contributed by atoms with E-state index in [9.17, 15) is 14.7 Å². The number of amides is 1. The van der Waals surface area contributed by atoms with E-state index in [1.54, 1.807) is 11.8 Å². The summed E-state index contributed by atoms with van der Waals surface area (Å²) in [4.78, 5) is 25.8. The highest BCUT2D eigenvalue weighted by atomic mass is 16.5. The van der Waals surface area contributed by atoms with Gasteiger partial charge in [-0.15, -0.1) is 0 Å². The molecule has 6 heteroatoms. The van der Waals surface area contributed by atoms with Crippen molar-refractivity contribution >= 4 is 11.9 Å². The summed E-state index contributed by atoms with van der Waals surface area (Å²) in [6, 6.07) is 10.7. The molecule has 1 aliphatic rings. The molecule has 1 atom stereocenters. The van der Waals surface area contributed by atoms with Crippen molar-refractivity contribution in [1.82, 2.24) is 4.90 Å². The van der Waals surface area contributed by atoms with E-state index in [0.717, 1.165) is 5.56 Å². The Balaban J connectivity index is 1.91. The molecule has 1 unspecified atom stereocenters. The summed E-state index contributed by atoms with van der Waals surface area (Å²) < 4.78 is 11.0. The van der Waals surface area contributed by atoms with Gasteiger partial charge in [-0.05, 0) is 5.56 Å². The third-order valence-electron chi connectivity index (χ3n) is 4.14. The second-order valence-electron chi connectivity index (χ2n) is 5.61. The molecule has 3 rings (SSSR count). The molecule has 0 aliphatic carbocycles. The van der Waals surface area contributed by atoms with Crippen molar-refractivity contribution < 1.29 is 23.8 Å². The van der Waals surface area contributed by atoms with Crippen LogP contribution >= 0.6 is 0 Å². The maximum Gasteiger partial charge on any atom is 0.339 e. The normalized spacial score (nSPS) is 17.7. The van der Waals surface area contributed by atoms with Crippen molar-refractivity contribution in [2.75, 3.05) is 19.8 Å². The molecule has 1 N–H and O–H groups in total. The Bertz CT molecular complexity index is 737. The molecule has 1 saturated heterocycles. The standard InChI is InChI=1S/C18H19NO5/c1-2-15-13(18(21)22)10-16(24-15)17(20)19-8-9-23-11-14(19)12-6-4-3-5-7-12/h3-7,10,14H,2,8-9,11H2,1H3,(H,21,22). The van der Waals surface area contributed by atoms with Crippen molar-refractivity contribution in [2.45, 2.75) is 19.4 Å². The number of nitrogens with zero attached hydrogens (tertiary/aromatic N) is 1. The van der Waals surface area contributed by atoms with E-state index in [0.29, 0.717) is 31.9 Å². The van der Waals surface area contributed by atoms with Crippen molar-refractivity contribution in [2.24, 2.45) is 0 Å². The molecule has 1 amide bonds. The van der Waals surface area contributed by atoms with Crippen LogP contribution in [0, 0.1) is 0 Å². The Morgan fingerprint density at radius 2 is 2.04 bits per heavy atom. The first-order chi connectivity index (χ1) is 11.6. The fourth-order valence-corrected chi connectivity index (χ4v) is 2.92. The van der Waals surface area contributed by atoms with Gasteiger partial charge in [0, 0.05) is 19.0 Å². The second-order valence-corrected chi connectivity index (χ2v) is 5.61. The zero-order valence-electron chi connectivity index (χ0n) is 13.4. The molecule has 0 radical (unpaired) electrons. The number of ether oxygens (including phenoxy) is 1. The molecular weight excluding hydrogens is 310 g/mol. The zero-order valence-corrected chi connectivity index (χ0v) is 13.4. The number of furan rings is 1. The monoisotopic (exact) mass is 329 g/mol. The van der Waals surface area contributed by atoms with Crippen LogP contribution in [0.5, 0.6) is 0 Å². The number of benzene rings is 1. The van der Waals surface area contributed by atoms with Crippen LogP contribution in [0.15, 0.2) is 40.8 Å². The third-order valence-corrected chi connectivity index (χ3v) is 4.14. The minimum Gasteiger partial charge on any atom is -0.478 e. The van der Waals surface area contributed by atoms with Crippen LogP contribution in [0.3, 0.4) is 0 Å². The first-order valence-electron chi connectivity index (χ1n) is 7.91. The Kier molecular flexibility index (Phi) is 4.66. The van der Waals surface area contributed by atoms with Crippen LogP contribution < -0.4 is 0 Å². The van der Waals surface area contributed by atoms with Gasteiger partial charge in [-0.25, -0.2) is 4.79 Å². The molecule has 126 valence electrons. The number of morpholine rings is 1. The fraction of sp³-hybridized carbons (Fsp3) is 0.333. The Morgan fingerprint density at radius 3 is 2.67 bits per heavy atom. The number of carbonyl (C=O) groups is 2. The van der Waals surface area contributed by atoms with Crippen molar-refractivity contribution in [3.05, 3.63) is 59.0 Å². The molecule has 0 spiro atoms. The first-order valence-corrected chi connectivity index (χ1v) is 7.91. The highest BCUT2D eigenvalue weighted by Gasteiger charge is 2.32. The minimum atomic E-state index is -1.09. The number of carboxylic acids is 1. The summed E-state index contributed by atoms with van der Waals surface area (Å²) in [5, 5.41) is 9.23. The summed E-state index contributed by atoms with van der Waals surface area (Å²) in [5.41, 5.74) is 1.02. The average Bonchev–Trinajstić information content (AvgIpc) is 3.06. The molecule has 2 aromatic rings. The summed E-state index contributed by atoms with van der Waals surface area (Å²) >= 11 is 0. The van der Waals surface area contributed by atoms with Crippen LogP contribution in [0.2, 0.25) is 0 Å². The highest BCUT2D eigenvalue weighted by molar-refractivity contribution is 5.96. The SMILES string of the molecule is CCc1oc(C(=O)N2CCOCC2c2ccccc2)cc1C(=O)O. The maximum absolute atomic E-state index is 12.9. The van der Waals surface area contributed by atoms with E-state index in [-0.39, 0.29) is 23.3 Å². The second kappa shape index (κ2) is 6.88. The minimum absolute atomic E-state index is 0.0466. The predicted molar refractivity (Wildman–Crippen MR) is 86.1 cm³/mol. The summed E-state index contributed by atoms with van der Waals surface area (Å²) in [6.45, 7) is 3.08. The van der Waals surface area contributed by atoms with Crippen LogP contribution in [-0.4, -0.2) is 41.6 Å². The van der Waals surface area contributed by atoms with E-state index in [1.165, 1.54) is 6.07 Å². The molecule has 0 bridgehead atoms. The molecule has 6 nitrogen and oxygen atoms in total. The first kappa shape index (κ1) is 16.3. The summed E-state index contributed by atoms with van der Waals surface area (Å²) in [5.74, 6) is -1.02. The molecular formula is C18H19NO5. The maximum atomic E-state index is 12.9. The molecule has 1 fully saturated rings. The van der Waals surface area contributed by atoms with Crippen LogP contribution in [0.1, 0.15) is 45.2 Å². The average molecular weight is 329 g/mol. The largest absolute Gasteiger partial charge is 0.478 e. The van der Waals surface area contributed by atoms with Gasteiger partial charge < -0.3 is 19.2 Å². The van der Waals surface area contributed by atoms with Gasteiger partial charge in [0.05, 0.1) is 19.3 Å². The molecule has 24 heavy (non-hydrogen) atoms. The van der Waals surface area contributed by atoms with Crippen LogP contribution in [-0.2, 0) is 11.2 Å². The van der Waals surface area contributed by atoms with Gasteiger partial charge in [-0.1, -0.05) is 37.3 Å². The van der Waals surface area contributed by atoms with Gasteiger partial charge in [-0.2, -0.15) is 0 Å². The van der Waals surface area contributed by atoms with Gasteiger partial charge in [-0.3, -0.25) is 4.79 Å². The Labute approximate surface area is 139 Å². The van der Waals surface area contributed by atoms with Crippen molar-refractivity contribution in [3.8, 4) is 0 Å². The number of rotatable bonds is 4. The van der Waals surface area contributed by atoms with E-state index in [4.69, 9.17) is 9.15 Å². The molecule has 0 saturated carbocycles. The third kappa shape index (κ3) is 3.05. The lowest BCUT2D eigenvalue weighted by atomic mass is 10.0. The van der Waals surface area contributed by atoms with Crippen LogP contribution in [0.25, 0.3) is 0 Å². The number of hydrogen-bond donors (Lipinski definition) is 1. The summed E-state index contributed by atoms with van der Waals surface area (Å²) in [6.07, 6.45) is 0.417. The number of carboxylic acid groups (broad SMARTS) is 1. The van der Waals surface area contributed by atoms with Gasteiger partial charge in [0.15, 0.2) is 5.76 Å². The number of aromatic carboxylic acids is 1. The van der Waals surface area contributed by atoms with Gasteiger partial charge in [0.1, 0.15) is 11.3 Å². The molecule has 1 aromatic carbocycles. The van der Waals surface area contributed by atoms with E-state index >= 15 is 0 Å². The predicted octanol–water partition coefficient (Wildman–Crippen LogP) is 2.75. The summed E-state index contributed by atoms with van der Waals surface area (Å²) in [7, 11) is 0.